The van der Waals surface area contributed by atoms with Crippen molar-refractivity contribution >= 4 is 5.78 Å². The molecular weight excluding hydrogens is 242 g/mol. The van der Waals surface area contributed by atoms with E-state index in [-0.39, 0.29) is 11.7 Å². The summed E-state index contributed by atoms with van der Waals surface area (Å²) in [6.07, 6.45) is 2.64. The van der Waals surface area contributed by atoms with E-state index in [1.54, 1.807) is 12.1 Å². The number of ketones is 1. The van der Waals surface area contributed by atoms with E-state index >= 15 is 0 Å². The molecule has 4 heteroatoms. The smallest absolute Gasteiger partial charge is 0.167 e. The Morgan fingerprint density at radius 3 is 2.74 bits per heavy atom. The summed E-state index contributed by atoms with van der Waals surface area (Å²) in [6.45, 7) is 3.73. The van der Waals surface area contributed by atoms with Crippen molar-refractivity contribution in [2.45, 2.75) is 26.2 Å². The molecule has 104 valence electrons. The minimum absolute atomic E-state index is 0.0972. The number of benzene rings is 1. The summed E-state index contributed by atoms with van der Waals surface area (Å²) >= 11 is 0. The highest BCUT2D eigenvalue weighted by atomic mass is 16.5. The summed E-state index contributed by atoms with van der Waals surface area (Å²) in [6, 6.07) is 5.39. The third kappa shape index (κ3) is 3.26. The van der Waals surface area contributed by atoms with Crippen molar-refractivity contribution in [1.82, 2.24) is 0 Å². The van der Waals surface area contributed by atoms with Crippen LogP contribution in [0.2, 0.25) is 0 Å². The van der Waals surface area contributed by atoms with Crippen LogP contribution >= 0.6 is 0 Å². The highest BCUT2D eigenvalue weighted by Crippen LogP contribution is 2.31. The van der Waals surface area contributed by atoms with Crippen molar-refractivity contribution in [2.24, 2.45) is 11.7 Å². The molecular formula is C15H21NO3. The molecule has 2 N–H and O–H groups in total. The fraction of sp³-hybridized carbons (Fsp3) is 0.533. The van der Waals surface area contributed by atoms with Gasteiger partial charge in [0.05, 0.1) is 13.2 Å². The molecule has 0 bridgehead atoms. The fourth-order valence-electron chi connectivity index (χ4n) is 2.26. The van der Waals surface area contributed by atoms with Crippen molar-refractivity contribution in [3.8, 4) is 11.5 Å². The highest BCUT2D eigenvalue weighted by molar-refractivity contribution is 5.98. The Morgan fingerprint density at radius 1 is 1.32 bits per heavy atom. The van der Waals surface area contributed by atoms with Gasteiger partial charge in [-0.05, 0) is 24.6 Å². The number of hydrogen-bond donors (Lipinski definition) is 1. The second-order valence-electron chi connectivity index (χ2n) is 4.80. The van der Waals surface area contributed by atoms with Gasteiger partial charge in [0.15, 0.2) is 17.3 Å². The second kappa shape index (κ2) is 6.57. The lowest BCUT2D eigenvalue weighted by atomic mass is 9.93. The SMILES string of the molecule is CCCC(CN)C(=O)c1ccc2c(c1)OCCCO2. The van der Waals surface area contributed by atoms with E-state index in [1.807, 2.05) is 6.07 Å². The zero-order valence-corrected chi connectivity index (χ0v) is 11.4. The summed E-state index contributed by atoms with van der Waals surface area (Å²) in [4.78, 5) is 12.4. The Balaban J connectivity index is 2.20. The third-order valence-corrected chi connectivity index (χ3v) is 3.32. The van der Waals surface area contributed by atoms with E-state index in [0.29, 0.717) is 36.8 Å². The molecule has 0 spiro atoms. The van der Waals surface area contributed by atoms with Gasteiger partial charge in [-0.3, -0.25) is 4.79 Å². The third-order valence-electron chi connectivity index (χ3n) is 3.32. The number of rotatable bonds is 5. The number of fused-ring (bicyclic) bond motifs is 1. The quantitative estimate of drug-likeness (QED) is 0.829. The Hall–Kier alpha value is -1.55. The van der Waals surface area contributed by atoms with E-state index < -0.39 is 0 Å². The highest BCUT2D eigenvalue weighted by Gasteiger charge is 2.20. The Kier molecular flexibility index (Phi) is 4.80. The van der Waals surface area contributed by atoms with Crippen LogP contribution in [-0.2, 0) is 0 Å². The molecule has 0 aliphatic carbocycles. The molecule has 1 aliphatic rings. The summed E-state index contributed by atoms with van der Waals surface area (Å²) in [5, 5.41) is 0. The van der Waals surface area contributed by atoms with Gasteiger partial charge in [0.2, 0.25) is 0 Å². The zero-order chi connectivity index (χ0) is 13.7. The van der Waals surface area contributed by atoms with Crippen LogP contribution in [0.4, 0.5) is 0 Å². The molecule has 1 aliphatic heterocycles. The lowest BCUT2D eigenvalue weighted by Gasteiger charge is -2.14. The number of nitrogens with two attached hydrogens (primary N) is 1. The zero-order valence-electron chi connectivity index (χ0n) is 11.4. The van der Waals surface area contributed by atoms with Crippen LogP contribution in [0, 0.1) is 5.92 Å². The van der Waals surface area contributed by atoms with Crippen LogP contribution in [0.15, 0.2) is 18.2 Å². The number of Topliss-reactive ketones (excluding diaryl/α,β-unsaturated/α-hetero) is 1. The minimum Gasteiger partial charge on any atom is -0.490 e. The van der Waals surface area contributed by atoms with Crippen molar-refractivity contribution < 1.29 is 14.3 Å². The van der Waals surface area contributed by atoms with Crippen molar-refractivity contribution in [3.05, 3.63) is 23.8 Å². The van der Waals surface area contributed by atoms with E-state index in [1.165, 1.54) is 0 Å². The second-order valence-corrected chi connectivity index (χ2v) is 4.80. The van der Waals surface area contributed by atoms with Crippen LogP contribution in [0.1, 0.15) is 36.5 Å². The number of ether oxygens (including phenoxy) is 2. The molecule has 4 nitrogen and oxygen atoms in total. The van der Waals surface area contributed by atoms with Crippen molar-refractivity contribution in [2.75, 3.05) is 19.8 Å². The predicted molar refractivity (Wildman–Crippen MR) is 73.8 cm³/mol. The van der Waals surface area contributed by atoms with Crippen LogP contribution < -0.4 is 15.2 Å². The first-order chi connectivity index (χ1) is 9.26. The van der Waals surface area contributed by atoms with Gasteiger partial charge in [-0.15, -0.1) is 0 Å². The molecule has 0 saturated heterocycles. The monoisotopic (exact) mass is 263 g/mol. The van der Waals surface area contributed by atoms with Gasteiger partial charge in [-0.25, -0.2) is 0 Å². The molecule has 0 radical (unpaired) electrons. The minimum atomic E-state index is -0.102. The van der Waals surface area contributed by atoms with E-state index in [4.69, 9.17) is 15.2 Å². The molecule has 0 aromatic heterocycles. The van der Waals surface area contributed by atoms with E-state index in [2.05, 4.69) is 6.92 Å². The normalized spacial score (nSPS) is 15.7. The van der Waals surface area contributed by atoms with Gasteiger partial charge >= 0.3 is 0 Å². The summed E-state index contributed by atoms with van der Waals surface area (Å²) < 4.78 is 11.2. The molecule has 0 saturated carbocycles. The van der Waals surface area contributed by atoms with Gasteiger partial charge in [0, 0.05) is 24.4 Å². The van der Waals surface area contributed by atoms with Crippen LogP contribution in [0.25, 0.3) is 0 Å². The standard InChI is InChI=1S/C15H21NO3/c1-2-4-12(10-16)15(17)11-5-6-13-14(9-11)19-8-3-7-18-13/h5-6,9,12H,2-4,7-8,10,16H2,1H3. The Labute approximate surface area is 113 Å². The molecule has 19 heavy (non-hydrogen) atoms. The molecule has 1 heterocycles. The summed E-state index contributed by atoms with van der Waals surface area (Å²) in [5.41, 5.74) is 6.34. The van der Waals surface area contributed by atoms with Gasteiger partial charge in [-0.2, -0.15) is 0 Å². The molecule has 1 atom stereocenters. The number of carbonyl (C=O) groups is 1. The average molecular weight is 263 g/mol. The van der Waals surface area contributed by atoms with Crippen molar-refractivity contribution in [1.29, 1.82) is 0 Å². The number of carbonyl (C=O) groups excluding carboxylic acids is 1. The topological polar surface area (TPSA) is 61.6 Å². The first kappa shape index (κ1) is 13.9. The van der Waals surface area contributed by atoms with Crippen molar-refractivity contribution in [3.63, 3.8) is 0 Å². The van der Waals surface area contributed by atoms with Gasteiger partial charge in [0.25, 0.3) is 0 Å². The van der Waals surface area contributed by atoms with E-state index in [9.17, 15) is 4.79 Å². The predicted octanol–water partition coefficient (Wildman–Crippen LogP) is 2.41. The summed E-state index contributed by atoms with van der Waals surface area (Å²) in [7, 11) is 0. The molecule has 1 aromatic rings. The van der Waals surface area contributed by atoms with E-state index in [0.717, 1.165) is 19.3 Å². The lowest BCUT2D eigenvalue weighted by Crippen LogP contribution is -2.23. The van der Waals surface area contributed by atoms with Gasteiger partial charge in [-0.1, -0.05) is 13.3 Å². The molecule has 1 aromatic carbocycles. The largest absolute Gasteiger partial charge is 0.490 e. The van der Waals surface area contributed by atoms with Crippen LogP contribution in [-0.4, -0.2) is 25.5 Å². The first-order valence-electron chi connectivity index (χ1n) is 6.90. The first-order valence-corrected chi connectivity index (χ1v) is 6.90. The molecule has 0 amide bonds. The average Bonchev–Trinajstić information content (AvgIpc) is 2.68. The molecule has 2 rings (SSSR count). The van der Waals surface area contributed by atoms with Gasteiger partial charge in [0.1, 0.15) is 0 Å². The number of hydrogen-bond acceptors (Lipinski definition) is 4. The van der Waals surface area contributed by atoms with Gasteiger partial charge < -0.3 is 15.2 Å². The fourth-order valence-corrected chi connectivity index (χ4v) is 2.26. The Bertz CT molecular complexity index is 445. The lowest BCUT2D eigenvalue weighted by molar-refractivity contribution is 0.0917. The van der Waals surface area contributed by atoms with Crippen LogP contribution in [0.5, 0.6) is 11.5 Å². The maximum Gasteiger partial charge on any atom is 0.167 e. The molecule has 1 unspecified atom stereocenters. The Morgan fingerprint density at radius 2 is 2.05 bits per heavy atom. The summed E-state index contributed by atoms with van der Waals surface area (Å²) in [5.74, 6) is 1.37. The molecule has 0 fully saturated rings. The van der Waals surface area contributed by atoms with Crippen LogP contribution in [0.3, 0.4) is 0 Å². The maximum absolute atomic E-state index is 12.4. The maximum atomic E-state index is 12.4.